The van der Waals surface area contributed by atoms with E-state index in [1.165, 1.54) is 24.3 Å². The molecule has 0 saturated carbocycles. The maximum atomic E-state index is 12.1. The second kappa shape index (κ2) is 9.08. The van der Waals surface area contributed by atoms with Gasteiger partial charge in [0.15, 0.2) is 6.10 Å². The van der Waals surface area contributed by atoms with E-state index in [1.54, 1.807) is 18.2 Å². The van der Waals surface area contributed by atoms with Crippen molar-refractivity contribution in [2.75, 3.05) is 11.9 Å². The Morgan fingerprint density at radius 3 is 2.86 bits per heavy atom. The molecule has 1 atom stereocenters. The molecular formula is C20H17N3O4S. The molecule has 7 nitrogen and oxygen atoms in total. The molecule has 0 unspecified atom stereocenters. The lowest BCUT2D eigenvalue weighted by Gasteiger charge is -2.13. The molecule has 1 aromatic heterocycles. The highest BCUT2D eigenvalue weighted by atomic mass is 32.1. The lowest BCUT2D eigenvalue weighted by molar-refractivity contribution is -0.157. The van der Waals surface area contributed by atoms with E-state index in [0.29, 0.717) is 11.3 Å². The number of carbonyl (C=O) groups is 2. The van der Waals surface area contributed by atoms with E-state index in [1.807, 2.05) is 30.3 Å². The molecule has 1 amide bonds. The summed E-state index contributed by atoms with van der Waals surface area (Å²) >= 11 is 1.50. The minimum Gasteiger partial charge on any atom is -0.451 e. The molecule has 1 N–H and O–H groups in total. The molecule has 0 aliphatic carbocycles. The van der Waals surface area contributed by atoms with Crippen LogP contribution < -0.4 is 5.32 Å². The third-order valence-corrected chi connectivity index (χ3v) is 4.73. The van der Waals surface area contributed by atoms with Crippen LogP contribution in [0.3, 0.4) is 0 Å². The van der Waals surface area contributed by atoms with Crippen LogP contribution in [0.1, 0.15) is 17.5 Å². The number of nitrogens with one attached hydrogen (secondary N) is 1. The van der Waals surface area contributed by atoms with Gasteiger partial charge in [-0.2, -0.15) is 5.26 Å². The average molecular weight is 395 g/mol. The highest BCUT2D eigenvalue weighted by molar-refractivity contribution is 7.18. The minimum absolute atomic E-state index is 0.190. The standard InChI is InChI=1S/C20H17N3O4S/c1-13(20(25)22-15-6-4-5-14(9-15)10-21)27-19(24)12-26-11-18-23-16-7-2-3-8-17(16)28-18/h2-9,13H,11-12H2,1H3,(H,22,25)/t13-/m1/s1. The number of anilines is 1. The van der Waals surface area contributed by atoms with Crippen LogP contribution in [0.5, 0.6) is 0 Å². The fraction of sp³-hybridized carbons (Fsp3) is 0.200. The predicted octanol–water partition coefficient (Wildman–Crippen LogP) is 3.25. The molecule has 142 valence electrons. The van der Waals surface area contributed by atoms with Crippen LogP contribution in [-0.4, -0.2) is 29.6 Å². The van der Waals surface area contributed by atoms with Crippen LogP contribution in [-0.2, 0) is 25.7 Å². The summed E-state index contributed by atoms with van der Waals surface area (Å²) in [6, 6.07) is 16.2. The number of rotatable bonds is 7. The van der Waals surface area contributed by atoms with Gasteiger partial charge < -0.3 is 14.8 Å². The average Bonchev–Trinajstić information content (AvgIpc) is 3.10. The first-order chi connectivity index (χ1) is 13.5. The lowest BCUT2D eigenvalue weighted by Crippen LogP contribution is -2.31. The molecule has 8 heteroatoms. The summed E-state index contributed by atoms with van der Waals surface area (Å²) in [7, 11) is 0. The first kappa shape index (κ1) is 19.5. The summed E-state index contributed by atoms with van der Waals surface area (Å²) < 4.78 is 11.5. The smallest absolute Gasteiger partial charge is 0.332 e. The van der Waals surface area contributed by atoms with Gasteiger partial charge in [-0.25, -0.2) is 9.78 Å². The summed E-state index contributed by atoms with van der Waals surface area (Å²) in [5.74, 6) is -1.14. The fourth-order valence-corrected chi connectivity index (χ4v) is 3.30. The molecular weight excluding hydrogens is 378 g/mol. The van der Waals surface area contributed by atoms with Crippen molar-refractivity contribution in [3.63, 3.8) is 0 Å². The molecule has 3 rings (SSSR count). The summed E-state index contributed by atoms with van der Waals surface area (Å²) in [5, 5.41) is 12.2. The van der Waals surface area contributed by atoms with Crippen LogP contribution >= 0.6 is 11.3 Å². The van der Waals surface area contributed by atoms with Crippen molar-refractivity contribution < 1.29 is 19.1 Å². The molecule has 0 bridgehead atoms. The molecule has 1 heterocycles. The molecule has 0 aliphatic rings. The molecule has 2 aromatic carbocycles. The fourth-order valence-electron chi connectivity index (χ4n) is 2.40. The zero-order valence-electron chi connectivity index (χ0n) is 15.0. The van der Waals surface area contributed by atoms with E-state index in [-0.39, 0.29) is 13.2 Å². The molecule has 0 fully saturated rings. The number of thiazole rings is 1. The topological polar surface area (TPSA) is 101 Å². The van der Waals surface area contributed by atoms with Gasteiger partial charge in [-0.05, 0) is 37.3 Å². The number of hydrogen-bond donors (Lipinski definition) is 1. The molecule has 0 spiro atoms. The Morgan fingerprint density at radius 1 is 1.25 bits per heavy atom. The van der Waals surface area contributed by atoms with E-state index in [2.05, 4.69) is 10.3 Å². The maximum Gasteiger partial charge on any atom is 0.332 e. The van der Waals surface area contributed by atoms with Crippen molar-refractivity contribution in [3.05, 3.63) is 59.1 Å². The van der Waals surface area contributed by atoms with Gasteiger partial charge in [-0.1, -0.05) is 18.2 Å². The van der Waals surface area contributed by atoms with Crippen molar-refractivity contribution in [1.29, 1.82) is 5.26 Å². The highest BCUT2D eigenvalue weighted by Gasteiger charge is 2.18. The molecule has 0 radical (unpaired) electrons. The summed E-state index contributed by atoms with van der Waals surface area (Å²) in [6.07, 6.45) is -0.996. The largest absolute Gasteiger partial charge is 0.451 e. The summed E-state index contributed by atoms with van der Waals surface area (Å²) in [4.78, 5) is 28.4. The van der Waals surface area contributed by atoms with Crippen molar-refractivity contribution >= 4 is 39.1 Å². The number of fused-ring (bicyclic) bond motifs is 1. The zero-order chi connectivity index (χ0) is 19.9. The highest BCUT2D eigenvalue weighted by Crippen LogP contribution is 2.21. The number of ether oxygens (including phenoxy) is 2. The van der Waals surface area contributed by atoms with Gasteiger partial charge in [0.05, 0.1) is 28.5 Å². The van der Waals surface area contributed by atoms with Gasteiger partial charge in [-0.3, -0.25) is 4.79 Å². The van der Waals surface area contributed by atoms with Gasteiger partial charge in [-0.15, -0.1) is 11.3 Å². The number of benzene rings is 2. The van der Waals surface area contributed by atoms with Gasteiger partial charge in [0.1, 0.15) is 11.6 Å². The Balaban J connectivity index is 1.44. The Morgan fingerprint density at radius 2 is 2.07 bits per heavy atom. The Hall–Kier alpha value is -3.28. The van der Waals surface area contributed by atoms with E-state index < -0.39 is 18.0 Å². The van der Waals surface area contributed by atoms with Crippen LogP contribution in [0.15, 0.2) is 48.5 Å². The van der Waals surface area contributed by atoms with E-state index in [9.17, 15) is 9.59 Å². The van der Waals surface area contributed by atoms with Crippen LogP contribution in [0.25, 0.3) is 10.2 Å². The van der Waals surface area contributed by atoms with Crippen LogP contribution in [0.2, 0.25) is 0 Å². The van der Waals surface area contributed by atoms with Crippen LogP contribution in [0, 0.1) is 11.3 Å². The van der Waals surface area contributed by atoms with Crippen molar-refractivity contribution in [2.45, 2.75) is 19.6 Å². The summed E-state index contributed by atoms with van der Waals surface area (Å²) in [6.45, 7) is 1.38. The number of hydrogen-bond acceptors (Lipinski definition) is 7. The Bertz CT molecular complexity index is 1010. The Kier molecular flexibility index (Phi) is 6.32. The monoisotopic (exact) mass is 395 g/mol. The third kappa shape index (κ3) is 5.13. The van der Waals surface area contributed by atoms with Gasteiger partial charge in [0, 0.05) is 5.69 Å². The summed E-state index contributed by atoms with van der Waals surface area (Å²) in [5.41, 5.74) is 1.77. The SMILES string of the molecule is C[C@@H](OC(=O)COCc1nc2ccccc2s1)C(=O)Nc1cccc(C#N)c1. The molecule has 3 aromatic rings. The third-order valence-electron chi connectivity index (χ3n) is 3.72. The number of nitrogens with zero attached hydrogens (tertiary/aromatic N) is 2. The normalized spacial score (nSPS) is 11.6. The maximum absolute atomic E-state index is 12.1. The van der Waals surface area contributed by atoms with Gasteiger partial charge >= 0.3 is 5.97 Å². The second-order valence-corrected chi connectivity index (χ2v) is 7.00. The van der Waals surface area contributed by atoms with E-state index in [0.717, 1.165) is 15.2 Å². The first-order valence-electron chi connectivity index (χ1n) is 8.48. The zero-order valence-corrected chi connectivity index (χ0v) is 15.9. The van der Waals surface area contributed by atoms with E-state index >= 15 is 0 Å². The number of amides is 1. The second-order valence-electron chi connectivity index (χ2n) is 5.88. The number of carbonyl (C=O) groups excluding carboxylic acids is 2. The molecule has 0 saturated heterocycles. The molecule has 28 heavy (non-hydrogen) atoms. The number of nitriles is 1. The number of esters is 1. The number of aromatic nitrogens is 1. The van der Waals surface area contributed by atoms with Gasteiger partial charge in [0.25, 0.3) is 5.91 Å². The van der Waals surface area contributed by atoms with Crippen molar-refractivity contribution in [2.24, 2.45) is 0 Å². The minimum atomic E-state index is -0.996. The number of para-hydroxylation sites is 1. The van der Waals surface area contributed by atoms with Gasteiger partial charge in [0.2, 0.25) is 0 Å². The van der Waals surface area contributed by atoms with Crippen molar-refractivity contribution in [1.82, 2.24) is 4.98 Å². The van der Waals surface area contributed by atoms with Crippen molar-refractivity contribution in [3.8, 4) is 6.07 Å². The predicted molar refractivity (Wildman–Crippen MR) is 105 cm³/mol. The molecule has 0 aliphatic heterocycles. The van der Waals surface area contributed by atoms with Crippen LogP contribution in [0.4, 0.5) is 5.69 Å². The first-order valence-corrected chi connectivity index (χ1v) is 9.29. The quantitative estimate of drug-likeness (QED) is 0.616. The Labute approximate surface area is 165 Å². The van der Waals surface area contributed by atoms with E-state index in [4.69, 9.17) is 14.7 Å². The lowest BCUT2D eigenvalue weighted by atomic mass is 10.2.